The van der Waals surface area contributed by atoms with Gasteiger partial charge in [-0.25, -0.2) is 4.39 Å². The highest BCUT2D eigenvalue weighted by molar-refractivity contribution is 7.99. The SMILES string of the molecule is O=[N+]([O-])c1cc(F)cc(NC2CCSc3ccccc32)c1. The average molecular weight is 304 g/mol. The van der Waals surface area contributed by atoms with Crippen LogP contribution in [-0.2, 0) is 0 Å². The normalized spacial score (nSPS) is 17.1. The van der Waals surface area contributed by atoms with Gasteiger partial charge in [-0.2, -0.15) is 0 Å². The fourth-order valence-corrected chi connectivity index (χ4v) is 3.58. The van der Waals surface area contributed by atoms with Gasteiger partial charge in [0.15, 0.2) is 0 Å². The van der Waals surface area contributed by atoms with Gasteiger partial charge in [0.1, 0.15) is 5.82 Å². The van der Waals surface area contributed by atoms with Crippen LogP contribution in [-0.4, -0.2) is 10.7 Å². The molecule has 1 N–H and O–H groups in total. The summed E-state index contributed by atoms with van der Waals surface area (Å²) in [6.45, 7) is 0. The number of halogens is 1. The van der Waals surface area contributed by atoms with Crippen LogP contribution in [0.4, 0.5) is 15.8 Å². The zero-order valence-corrected chi connectivity index (χ0v) is 11.9. The molecule has 2 aromatic rings. The molecule has 1 aliphatic heterocycles. The third-order valence-electron chi connectivity index (χ3n) is 3.39. The van der Waals surface area contributed by atoms with E-state index in [9.17, 15) is 14.5 Å². The summed E-state index contributed by atoms with van der Waals surface area (Å²) in [5.41, 5.74) is 1.35. The predicted octanol–water partition coefficient (Wildman–Crippen LogP) is 4.38. The number of fused-ring (bicyclic) bond motifs is 1. The minimum atomic E-state index is -0.606. The maximum absolute atomic E-state index is 13.5. The fourth-order valence-electron chi connectivity index (χ4n) is 2.46. The summed E-state index contributed by atoms with van der Waals surface area (Å²) in [6, 6.07) is 11.7. The van der Waals surface area contributed by atoms with E-state index >= 15 is 0 Å². The van der Waals surface area contributed by atoms with Gasteiger partial charge in [-0.15, -0.1) is 11.8 Å². The summed E-state index contributed by atoms with van der Waals surface area (Å²) in [7, 11) is 0. The molecule has 0 aliphatic carbocycles. The number of rotatable bonds is 3. The van der Waals surface area contributed by atoms with E-state index in [4.69, 9.17) is 0 Å². The Morgan fingerprint density at radius 3 is 2.90 bits per heavy atom. The Morgan fingerprint density at radius 2 is 2.10 bits per heavy atom. The summed E-state index contributed by atoms with van der Waals surface area (Å²) in [4.78, 5) is 11.4. The largest absolute Gasteiger partial charge is 0.378 e. The molecule has 0 bridgehead atoms. The number of nitro groups is 1. The maximum Gasteiger partial charge on any atom is 0.274 e. The van der Waals surface area contributed by atoms with Crippen LogP contribution in [0.15, 0.2) is 47.4 Å². The first-order chi connectivity index (χ1) is 10.1. The van der Waals surface area contributed by atoms with Gasteiger partial charge >= 0.3 is 0 Å². The Kier molecular flexibility index (Phi) is 3.79. The molecule has 1 aliphatic rings. The summed E-state index contributed by atoms with van der Waals surface area (Å²) < 4.78 is 13.5. The minimum Gasteiger partial charge on any atom is -0.378 e. The molecule has 1 heterocycles. The van der Waals surface area contributed by atoms with Crippen molar-refractivity contribution in [2.75, 3.05) is 11.1 Å². The third-order valence-corrected chi connectivity index (χ3v) is 4.52. The summed E-state index contributed by atoms with van der Waals surface area (Å²) in [5, 5.41) is 14.0. The van der Waals surface area contributed by atoms with Crippen LogP contribution in [0.5, 0.6) is 0 Å². The van der Waals surface area contributed by atoms with Crippen LogP contribution in [0.25, 0.3) is 0 Å². The molecule has 0 aromatic heterocycles. The van der Waals surface area contributed by atoms with Gasteiger partial charge in [-0.1, -0.05) is 18.2 Å². The van der Waals surface area contributed by atoms with Crippen LogP contribution in [0, 0.1) is 15.9 Å². The molecule has 3 rings (SSSR count). The standard InChI is InChI=1S/C15H13FN2O2S/c16-10-7-11(9-12(8-10)18(19)20)17-14-5-6-21-15-4-2-1-3-13(14)15/h1-4,7-9,14,17H,5-6H2. The number of nitrogens with one attached hydrogen (secondary N) is 1. The molecule has 4 nitrogen and oxygen atoms in total. The van der Waals surface area contributed by atoms with Crippen molar-refractivity contribution in [2.24, 2.45) is 0 Å². The van der Waals surface area contributed by atoms with Gasteiger partial charge in [0.2, 0.25) is 0 Å². The molecule has 0 radical (unpaired) electrons. The van der Waals surface area contributed by atoms with Gasteiger partial charge < -0.3 is 5.32 Å². The summed E-state index contributed by atoms with van der Waals surface area (Å²) in [5.74, 6) is 0.358. The van der Waals surface area contributed by atoms with E-state index in [0.717, 1.165) is 23.8 Å². The topological polar surface area (TPSA) is 55.2 Å². The highest BCUT2D eigenvalue weighted by Crippen LogP contribution is 2.38. The van der Waals surface area contributed by atoms with Crippen LogP contribution in [0.1, 0.15) is 18.0 Å². The molecular weight excluding hydrogens is 291 g/mol. The monoisotopic (exact) mass is 304 g/mol. The van der Waals surface area contributed by atoms with Crippen molar-refractivity contribution < 1.29 is 9.31 Å². The zero-order chi connectivity index (χ0) is 14.8. The second kappa shape index (κ2) is 5.73. The van der Waals surface area contributed by atoms with Gasteiger partial charge in [0.25, 0.3) is 5.69 Å². The van der Waals surface area contributed by atoms with E-state index in [1.807, 2.05) is 18.2 Å². The van der Waals surface area contributed by atoms with Crippen molar-refractivity contribution in [1.82, 2.24) is 0 Å². The second-order valence-corrected chi connectivity index (χ2v) is 5.96. The van der Waals surface area contributed by atoms with Crippen LogP contribution in [0.2, 0.25) is 0 Å². The van der Waals surface area contributed by atoms with E-state index < -0.39 is 10.7 Å². The van der Waals surface area contributed by atoms with Crippen LogP contribution >= 0.6 is 11.8 Å². The van der Waals surface area contributed by atoms with Crippen molar-refractivity contribution in [3.05, 3.63) is 64.0 Å². The molecule has 1 unspecified atom stereocenters. The first-order valence-corrected chi connectivity index (χ1v) is 7.55. The molecule has 0 saturated heterocycles. The molecule has 1 atom stereocenters. The predicted molar refractivity (Wildman–Crippen MR) is 81.2 cm³/mol. The highest BCUT2D eigenvalue weighted by Gasteiger charge is 2.21. The van der Waals surface area contributed by atoms with Crippen molar-refractivity contribution in [2.45, 2.75) is 17.4 Å². The van der Waals surface area contributed by atoms with Crippen molar-refractivity contribution >= 4 is 23.1 Å². The second-order valence-electron chi connectivity index (χ2n) is 4.83. The smallest absolute Gasteiger partial charge is 0.274 e. The maximum atomic E-state index is 13.5. The molecule has 0 fully saturated rings. The van der Waals surface area contributed by atoms with Crippen molar-refractivity contribution in [3.63, 3.8) is 0 Å². The van der Waals surface area contributed by atoms with E-state index in [0.29, 0.717) is 5.69 Å². The molecule has 0 amide bonds. The molecule has 0 saturated carbocycles. The number of thioether (sulfide) groups is 1. The molecule has 21 heavy (non-hydrogen) atoms. The first-order valence-electron chi connectivity index (χ1n) is 6.57. The Bertz CT molecular complexity index is 693. The van der Waals surface area contributed by atoms with Gasteiger partial charge in [0, 0.05) is 22.4 Å². The van der Waals surface area contributed by atoms with Crippen LogP contribution < -0.4 is 5.32 Å². The Balaban J connectivity index is 1.90. The van der Waals surface area contributed by atoms with Gasteiger partial charge in [-0.3, -0.25) is 10.1 Å². The third kappa shape index (κ3) is 3.00. The van der Waals surface area contributed by atoms with Crippen LogP contribution in [0.3, 0.4) is 0 Å². The van der Waals surface area contributed by atoms with Crippen molar-refractivity contribution in [1.29, 1.82) is 0 Å². The Morgan fingerprint density at radius 1 is 1.29 bits per heavy atom. The lowest BCUT2D eigenvalue weighted by Gasteiger charge is -2.26. The number of hydrogen-bond acceptors (Lipinski definition) is 4. The van der Waals surface area contributed by atoms with Gasteiger partial charge in [0.05, 0.1) is 17.0 Å². The number of anilines is 1. The summed E-state index contributed by atoms with van der Waals surface area (Å²) in [6.07, 6.45) is 0.895. The lowest BCUT2D eigenvalue weighted by molar-refractivity contribution is -0.385. The average Bonchev–Trinajstić information content (AvgIpc) is 2.47. The van der Waals surface area contributed by atoms with E-state index in [2.05, 4.69) is 11.4 Å². The van der Waals surface area contributed by atoms with E-state index in [-0.39, 0.29) is 11.7 Å². The highest BCUT2D eigenvalue weighted by atomic mass is 32.2. The number of hydrogen-bond donors (Lipinski definition) is 1. The lowest BCUT2D eigenvalue weighted by atomic mass is 10.0. The van der Waals surface area contributed by atoms with Crippen molar-refractivity contribution in [3.8, 4) is 0 Å². The fraction of sp³-hybridized carbons (Fsp3) is 0.200. The zero-order valence-electron chi connectivity index (χ0n) is 11.1. The van der Waals surface area contributed by atoms with Gasteiger partial charge in [-0.05, 0) is 24.1 Å². The van der Waals surface area contributed by atoms with E-state index in [1.165, 1.54) is 17.0 Å². The molecule has 6 heteroatoms. The molecule has 0 spiro atoms. The summed E-state index contributed by atoms with van der Waals surface area (Å²) >= 11 is 1.79. The first kappa shape index (κ1) is 13.9. The number of nitrogens with zero attached hydrogens (tertiary/aromatic N) is 1. The quantitative estimate of drug-likeness (QED) is 0.675. The Labute approximate surface area is 125 Å². The Hall–Kier alpha value is -2.08. The number of nitro benzene ring substituents is 1. The number of non-ortho nitro benzene ring substituents is 1. The number of benzene rings is 2. The molecule has 2 aromatic carbocycles. The van der Waals surface area contributed by atoms with E-state index in [1.54, 1.807) is 11.8 Å². The molecule has 108 valence electrons. The minimum absolute atomic E-state index is 0.0452. The molecular formula is C15H13FN2O2S. The lowest BCUT2D eigenvalue weighted by Crippen LogP contribution is -2.16.